The Bertz CT molecular complexity index is 746. The molecule has 0 saturated carbocycles. The second-order valence-electron chi connectivity index (χ2n) is 5.11. The molecule has 2 aromatic carbocycles. The summed E-state index contributed by atoms with van der Waals surface area (Å²) in [7, 11) is 1.57. The van der Waals surface area contributed by atoms with Crippen molar-refractivity contribution in [2.24, 2.45) is 0 Å². The predicted molar refractivity (Wildman–Crippen MR) is 90.6 cm³/mol. The molecule has 5 nitrogen and oxygen atoms in total. The number of rotatable bonds is 4. The third-order valence-electron chi connectivity index (χ3n) is 3.62. The van der Waals surface area contributed by atoms with Gasteiger partial charge < -0.3 is 10.5 Å². The van der Waals surface area contributed by atoms with Gasteiger partial charge in [0.25, 0.3) is 0 Å². The quantitative estimate of drug-likeness (QED) is 0.690. The number of thioether (sulfide) groups is 1. The highest BCUT2D eigenvalue weighted by Crippen LogP contribution is 2.36. The number of ether oxygens (including phenoxy) is 1. The van der Waals surface area contributed by atoms with Gasteiger partial charge >= 0.3 is 0 Å². The maximum Gasteiger partial charge on any atom is 0.247 e. The van der Waals surface area contributed by atoms with Gasteiger partial charge in [-0.15, -0.1) is 11.8 Å². The summed E-state index contributed by atoms with van der Waals surface area (Å²) >= 11 is 1.33. The molecular formula is C17H16N2O3S. The van der Waals surface area contributed by atoms with Crippen LogP contribution in [0.25, 0.3) is 0 Å². The highest BCUT2D eigenvalue weighted by molar-refractivity contribution is 8.00. The van der Waals surface area contributed by atoms with Crippen LogP contribution in [0.5, 0.6) is 5.75 Å². The Labute approximate surface area is 138 Å². The first kappa shape index (κ1) is 15.4. The molecular weight excluding hydrogens is 312 g/mol. The zero-order valence-electron chi connectivity index (χ0n) is 12.6. The summed E-state index contributed by atoms with van der Waals surface area (Å²) in [6.45, 7) is 0. The molecule has 0 radical (unpaired) electrons. The lowest BCUT2D eigenvalue weighted by atomic mass is 10.3. The number of nitrogen functional groups attached to an aromatic ring is 1. The summed E-state index contributed by atoms with van der Waals surface area (Å²) in [6.07, 6.45) is 0.170. The molecule has 1 aliphatic rings. The van der Waals surface area contributed by atoms with Crippen LogP contribution in [0, 0.1) is 0 Å². The average molecular weight is 328 g/mol. The number of hydrogen-bond donors (Lipinski definition) is 1. The Kier molecular flexibility index (Phi) is 4.25. The molecule has 3 rings (SSSR count). The van der Waals surface area contributed by atoms with Crippen molar-refractivity contribution in [3.63, 3.8) is 0 Å². The predicted octanol–water partition coefficient (Wildman–Crippen LogP) is 2.70. The fourth-order valence-corrected chi connectivity index (χ4v) is 3.54. The highest BCUT2D eigenvalue weighted by Gasteiger charge is 2.40. The van der Waals surface area contributed by atoms with Crippen molar-refractivity contribution in [1.82, 2.24) is 0 Å². The van der Waals surface area contributed by atoms with Crippen molar-refractivity contribution >= 4 is 35.0 Å². The van der Waals surface area contributed by atoms with E-state index >= 15 is 0 Å². The number of anilines is 2. The van der Waals surface area contributed by atoms with Crippen LogP contribution < -0.4 is 15.4 Å². The summed E-state index contributed by atoms with van der Waals surface area (Å²) in [4.78, 5) is 26.9. The van der Waals surface area contributed by atoms with Gasteiger partial charge in [0, 0.05) is 17.0 Å². The molecule has 2 aromatic rings. The van der Waals surface area contributed by atoms with Gasteiger partial charge in [-0.2, -0.15) is 0 Å². The van der Waals surface area contributed by atoms with Crippen molar-refractivity contribution in [2.75, 3.05) is 17.7 Å². The lowest BCUT2D eigenvalue weighted by Gasteiger charge is -2.15. The summed E-state index contributed by atoms with van der Waals surface area (Å²) < 4.78 is 5.09. The van der Waals surface area contributed by atoms with Crippen LogP contribution in [0.4, 0.5) is 11.4 Å². The van der Waals surface area contributed by atoms with Crippen LogP contribution >= 0.6 is 11.8 Å². The minimum Gasteiger partial charge on any atom is -0.497 e. The Hall–Kier alpha value is -2.47. The second kappa shape index (κ2) is 6.34. The average Bonchev–Trinajstić information content (AvgIpc) is 2.84. The van der Waals surface area contributed by atoms with Gasteiger partial charge in [-0.3, -0.25) is 9.59 Å². The molecule has 1 fully saturated rings. The number of carbonyl (C=O) groups is 2. The standard InChI is InChI=1S/C17H16N2O3S/c1-22-12-8-6-11(7-9-12)19-16(20)10-15(17(19)21)23-14-5-3-2-4-13(14)18/h2-9,15H,10,18H2,1H3/t15-/m1/s1. The summed E-state index contributed by atoms with van der Waals surface area (Å²) in [5.74, 6) is 0.261. The fourth-order valence-electron chi connectivity index (χ4n) is 2.44. The molecule has 1 aliphatic heterocycles. The van der Waals surface area contributed by atoms with Crippen LogP contribution in [-0.2, 0) is 9.59 Å². The highest BCUT2D eigenvalue weighted by atomic mass is 32.2. The maximum absolute atomic E-state index is 12.6. The summed E-state index contributed by atoms with van der Waals surface area (Å²) in [6, 6.07) is 14.2. The van der Waals surface area contributed by atoms with E-state index in [-0.39, 0.29) is 18.2 Å². The van der Waals surface area contributed by atoms with Gasteiger partial charge in [-0.25, -0.2) is 4.90 Å². The number of nitrogens with two attached hydrogens (primary N) is 1. The number of benzene rings is 2. The van der Waals surface area contributed by atoms with E-state index in [1.165, 1.54) is 16.7 Å². The SMILES string of the molecule is COc1ccc(N2C(=O)C[C@@H](Sc3ccccc3N)C2=O)cc1. The second-order valence-corrected chi connectivity index (χ2v) is 6.36. The van der Waals surface area contributed by atoms with Gasteiger partial charge in [0.1, 0.15) is 5.75 Å². The molecule has 1 heterocycles. The first-order valence-corrected chi connectivity index (χ1v) is 8.00. The van der Waals surface area contributed by atoms with E-state index in [0.717, 1.165) is 4.90 Å². The number of carbonyl (C=O) groups excluding carboxylic acids is 2. The first-order valence-electron chi connectivity index (χ1n) is 7.12. The number of hydrogen-bond acceptors (Lipinski definition) is 5. The number of para-hydroxylation sites is 1. The molecule has 0 aromatic heterocycles. The molecule has 1 atom stereocenters. The smallest absolute Gasteiger partial charge is 0.247 e. The maximum atomic E-state index is 12.6. The van der Waals surface area contributed by atoms with Gasteiger partial charge in [-0.05, 0) is 36.4 Å². The van der Waals surface area contributed by atoms with Gasteiger partial charge in [-0.1, -0.05) is 12.1 Å². The van der Waals surface area contributed by atoms with Gasteiger partial charge in [0.15, 0.2) is 0 Å². The van der Waals surface area contributed by atoms with Crippen LogP contribution in [0.2, 0.25) is 0 Å². The molecule has 2 N–H and O–H groups in total. The van der Waals surface area contributed by atoms with Crippen molar-refractivity contribution in [3.8, 4) is 5.75 Å². The summed E-state index contributed by atoms with van der Waals surface area (Å²) in [5, 5.41) is -0.450. The van der Waals surface area contributed by atoms with Crippen LogP contribution in [0.15, 0.2) is 53.4 Å². The van der Waals surface area contributed by atoms with Crippen LogP contribution in [0.1, 0.15) is 6.42 Å². The largest absolute Gasteiger partial charge is 0.497 e. The zero-order valence-corrected chi connectivity index (χ0v) is 13.4. The Balaban J connectivity index is 1.80. The fraction of sp³-hybridized carbons (Fsp3) is 0.176. The molecule has 2 amide bonds. The molecule has 0 aliphatic carbocycles. The van der Waals surface area contributed by atoms with Crippen molar-refractivity contribution in [2.45, 2.75) is 16.6 Å². The van der Waals surface area contributed by atoms with E-state index in [1.54, 1.807) is 37.4 Å². The van der Waals surface area contributed by atoms with E-state index in [0.29, 0.717) is 17.1 Å². The minimum absolute atomic E-state index is 0.170. The monoisotopic (exact) mass is 328 g/mol. The molecule has 6 heteroatoms. The van der Waals surface area contributed by atoms with Crippen molar-refractivity contribution < 1.29 is 14.3 Å². The topological polar surface area (TPSA) is 72.6 Å². The van der Waals surface area contributed by atoms with E-state index in [4.69, 9.17) is 10.5 Å². The van der Waals surface area contributed by atoms with E-state index < -0.39 is 5.25 Å². The Morgan fingerprint density at radius 1 is 1.13 bits per heavy atom. The minimum atomic E-state index is -0.450. The lowest BCUT2D eigenvalue weighted by Crippen LogP contribution is -2.31. The van der Waals surface area contributed by atoms with Gasteiger partial charge in [0.2, 0.25) is 11.8 Å². The van der Waals surface area contributed by atoms with Crippen molar-refractivity contribution in [3.05, 3.63) is 48.5 Å². The first-order chi connectivity index (χ1) is 11.1. The molecule has 0 bridgehead atoms. The summed E-state index contributed by atoms with van der Waals surface area (Å²) in [5.41, 5.74) is 7.08. The van der Waals surface area contributed by atoms with Crippen LogP contribution in [-0.4, -0.2) is 24.2 Å². The molecule has 23 heavy (non-hydrogen) atoms. The number of nitrogens with zero attached hydrogens (tertiary/aromatic N) is 1. The Morgan fingerprint density at radius 3 is 2.48 bits per heavy atom. The lowest BCUT2D eigenvalue weighted by molar-refractivity contribution is -0.121. The number of imide groups is 1. The molecule has 1 saturated heterocycles. The zero-order chi connectivity index (χ0) is 16.4. The third-order valence-corrected chi connectivity index (χ3v) is 4.90. The number of amides is 2. The molecule has 0 unspecified atom stereocenters. The molecule has 0 spiro atoms. The molecule has 118 valence electrons. The van der Waals surface area contributed by atoms with E-state index in [1.807, 2.05) is 18.2 Å². The van der Waals surface area contributed by atoms with Gasteiger partial charge in [0.05, 0.1) is 18.0 Å². The normalized spacial score (nSPS) is 17.6. The van der Waals surface area contributed by atoms with Crippen molar-refractivity contribution in [1.29, 1.82) is 0 Å². The number of methoxy groups -OCH3 is 1. The van der Waals surface area contributed by atoms with Crippen LogP contribution in [0.3, 0.4) is 0 Å². The third kappa shape index (κ3) is 3.03. The van der Waals surface area contributed by atoms with E-state index in [9.17, 15) is 9.59 Å². The Morgan fingerprint density at radius 2 is 1.83 bits per heavy atom. The van der Waals surface area contributed by atoms with E-state index in [2.05, 4.69) is 0 Å².